The summed E-state index contributed by atoms with van der Waals surface area (Å²) in [5.41, 5.74) is 1.72. The van der Waals surface area contributed by atoms with Gasteiger partial charge in [0.25, 0.3) is 0 Å². The number of esters is 3. The fourth-order valence-corrected chi connectivity index (χ4v) is 12.0. The maximum absolute atomic E-state index is 12.1. The Balaban J connectivity index is 1.46. The number of rotatable bonds is 4. The summed E-state index contributed by atoms with van der Waals surface area (Å²) in [7, 11) is 0. The Morgan fingerprint density at radius 1 is 0.714 bits per heavy atom. The van der Waals surface area contributed by atoms with Crippen molar-refractivity contribution in [3.05, 3.63) is 11.6 Å². The molecule has 6 heteroatoms. The molecule has 0 aliphatic heterocycles. The molecule has 0 bridgehead atoms. The van der Waals surface area contributed by atoms with Gasteiger partial charge in [0.1, 0.15) is 18.8 Å². The Kier molecular flexibility index (Phi) is 8.00. The summed E-state index contributed by atoms with van der Waals surface area (Å²) in [5, 5.41) is 0. The summed E-state index contributed by atoms with van der Waals surface area (Å²) in [6.45, 7) is 19.3. The summed E-state index contributed by atoms with van der Waals surface area (Å²) < 4.78 is 17.5. The molecule has 6 nitrogen and oxygen atoms in total. The van der Waals surface area contributed by atoms with E-state index >= 15 is 0 Å². The number of hydrogen-bond acceptors (Lipinski definition) is 6. The Morgan fingerprint density at radius 3 is 1.98 bits per heavy atom. The predicted molar refractivity (Wildman–Crippen MR) is 162 cm³/mol. The second kappa shape index (κ2) is 10.6. The molecule has 5 rings (SSSR count). The summed E-state index contributed by atoms with van der Waals surface area (Å²) in [5.74, 6) is 1.22. The van der Waals surface area contributed by atoms with Crippen LogP contribution in [-0.4, -0.2) is 36.7 Å². The molecule has 0 heterocycles. The van der Waals surface area contributed by atoms with Crippen molar-refractivity contribution in [1.82, 2.24) is 0 Å². The molecule has 5 aliphatic rings. The second-order valence-corrected chi connectivity index (χ2v) is 16.6. The first-order chi connectivity index (χ1) is 19.5. The van der Waals surface area contributed by atoms with Gasteiger partial charge in [-0.15, -0.1) is 0 Å². The van der Waals surface area contributed by atoms with Gasteiger partial charge >= 0.3 is 17.9 Å². The van der Waals surface area contributed by atoms with Gasteiger partial charge in [-0.2, -0.15) is 0 Å². The van der Waals surface area contributed by atoms with E-state index in [0.717, 1.165) is 51.4 Å². The van der Waals surface area contributed by atoms with Crippen molar-refractivity contribution in [3.8, 4) is 0 Å². The molecule has 42 heavy (non-hydrogen) atoms. The first kappa shape index (κ1) is 31.6. The third-order valence-electron chi connectivity index (χ3n) is 13.8. The quantitative estimate of drug-likeness (QED) is 0.190. The Labute approximate surface area is 254 Å². The van der Waals surface area contributed by atoms with E-state index in [1.54, 1.807) is 12.5 Å². The summed E-state index contributed by atoms with van der Waals surface area (Å²) in [6, 6.07) is 0. The molecule has 0 amide bonds. The molecule has 0 spiro atoms. The van der Waals surface area contributed by atoms with Gasteiger partial charge in [-0.05, 0) is 104 Å². The number of allylic oxidation sites excluding steroid dienone is 2. The molecule has 0 aromatic rings. The lowest BCUT2D eigenvalue weighted by atomic mass is 9.41. The molecule has 236 valence electrons. The predicted octanol–water partition coefficient (Wildman–Crippen LogP) is 7.82. The van der Waals surface area contributed by atoms with E-state index in [4.69, 9.17) is 14.2 Å². The van der Waals surface area contributed by atoms with Crippen LogP contribution in [0.5, 0.6) is 0 Å². The molecular weight excluding hydrogens is 528 g/mol. The van der Waals surface area contributed by atoms with Crippen LogP contribution in [0.3, 0.4) is 0 Å². The van der Waals surface area contributed by atoms with Crippen molar-refractivity contribution in [3.63, 3.8) is 0 Å². The van der Waals surface area contributed by atoms with Gasteiger partial charge in [0, 0.05) is 31.6 Å². The van der Waals surface area contributed by atoms with E-state index in [9.17, 15) is 14.4 Å². The van der Waals surface area contributed by atoms with Gasteiger partial charge < -0.3 is 14.2 Å². The van der Waals surface area contributed by atoms with Crippen molar-refractivity contribution in [1.29, 1.82) is 0 Å². The number of ether oxygens (including phenoxy) is 3. The first-order valence-corrected chi connectivity index (χ1v) is 16.6. The standard InChI is InChI=1S/C36H56O6/c1-22(37)40-21-36(9)29-14-17-33(6)20-25-10-12-27-32(4,5)30(41-23(2)38)15-18-34(27,7)26(25)11-13-28(33)35(29,8)19-16-31(36)42-24(3)39/h10,26-31H,11-21H2,1-9H3/t26-,27-,28-,29-,30-,31-,33-,34+,35+,36+/m0/s1. The topological polar surface area (TPSA) is 78.9 Å². The van der Waals surface area contributed by atoms with Crippen LogP contribution in [0.2, 0.25) is 0 Å². The van der Waals surface area contributed by atoms with Crippen LogP contribution in [0.15, 0.2) is 11.6 Å². The summed E-state index contributed by atoms with van der Waals surface area (Å²) in [6.07, 6.45) is 13.1. The highest BCUT2D eigenvalue weighted by atomic mass is 16.6. The lowest BCUT2D eigenvalue weighted by molar-refractivity contribution is -0.209. The van der Waals surface area contributed by atoms with Gasteiger partial charge in [0.15, 0.2) is 0 Å². The minimum absolute atomic E-state index is 0.0177. The monoisotopic (exact) mass is 584 g/mol. The molecule has 0 unspecified atom stereocenters. The maximum atomic E-state index is 12.1. The zero-order valence-corrected chi connectivity index (χ0v) is 27.8. The molecule has 0 N–H and O–H groups in total. The second-order valence-electron chi connectivity index (χ2n) is 16.6. The van der Waals surface area contributed by atoms with Gasteiger partial charge in [-0.25, -0.2) is 0 Å². The highest BCUT2D eigenvalue weighted by Crippen LogP contribution is 2.70. The van der Waals surface area contributed by atoms with E-state index in [1.807, 2.05) is 0 Å². The minimum Gasteiger partial charge on any atom is -0.465 e. The Hall–Kier alpha value is -1.85. The number of fused-ring (bicyclic) bond motifs is 6. The zero-order valence-electron chi connectivity index (χ0n) is 27.8. The fraction of sp³-hybridized carbons (Fsp3) is 0.861. The largest absolute Gasteiger partial charge is 0.465 e. The highest BCUT2D eigenvalue weighted by molar-refractivity contribution is 5.67. The van der Waals surface area contributed by atoms with Crippen LogP contribution in [0, 0.1) is 50.7 Å². The van der Waals surface area contributed by atoms with Crippen molar-refractivity contribution in [2.75, 3.05) is 6.61 Å². The van der Waals surface area contributed by atoms with Crippen molar-refractivity contribution in [2.24, 2.45) is 50.7 Å². The molecule has 0 aromatic heterocycles. The number of carbonyl (C=O) groups is 3. The van der Waals surface area contributed by atoms with Crippen molar-refractivity contribution < 1.29 is 28.6 Å². The van der Waals surface area contributed by atoms with Gasteiger partial charge in [0.2, 0.25) is 0 Å². The third-order valence-corrected chi connectivity index (χ3v) is 13.8. The van der Waals surface area contributed by atoms with E-state index in [1.165, 1.54) is 26.7 Å². The number of hydrogen-bond donors (Lipinski definition) is 0. The molecule has 10 atom stereocenters. The van der Waals surface area contributed by atoms with E-state index < -0.39 is 5.41 Å². The van der Waals surface area contributed by atoms with Crippen LogP contribution in [0.1, 0.15) is 127 Å². The first-order valence-electron chi connectivity index (χ1n) is 16.6. The van der Waals surface area contributed by atoms with Crippen LogP contribution < -0.4 is 0 Å². The molecule has 0 saturated heterocycles. The smallest absolute Gasteiger partial charge is 0.302 e. The average Bonchev–Trinajstić information content (AvgIpc) is 3.03. The molecule has 4 saturated carbocycles. The SMILES string of the molecule is CC(=O)OC[C@]1(C)[C@H]2CC[C@@]3(C)CC4=CC[C@H]5C(C)(C)[C@@H](OC(C)=O)CC[C@]5(C)[C@H]4CC[C@@H]3[C@@]2(C)CC[C@@H]1OC(C)=O. The van der Waals surface area contributed by atoms with Gasteiger partial charge in [0.05, 0.1) is 0 Å². The van der Waals surface area contributed by atoms with E-state index in [2.05, 4.69) is 47.6 Å². The Morgan fingerprint density at radius 2 is 1.33 bits per heavy atom. The lowest BCUT2D eigenvalue weighted by Gasteiger charge is -2.64. The zero-order chi connectivity index (χ0) is 30.9. The van der Waals surface area contributed by atoms with Crippen LogP contribution >= 0.6 is 0 Å². The van der Waals surface area contributed by atoms with Crippen molar-refractivity contribution in [2.45, 2.75) is 139 Å². The Bertz CT molecular complexity index is 1140. The van der Waals surface area contributed by atoms with Crippen LogP contribution in [-0.2, 0) is 28.6 Å². The molecule has 0 aromatic carbocycles. The van der Waals surface area contributed by atoms with Gasteiger partial charge in [-0.3, -0.25) is 14.4 Å². The van der Waals surface area contributed by atoms with Crippen LogP contribution in [0.25, 0.3) is 0 Å². The normalized spacial score (nSPS) is 45.9. The maximum Gasteiger partial charge on any atom is 0.302 e. The molecule has 0 radical (unpaired) electrons. The molecular formula is C36H56O6. The van der Waals surface area contributed by atoms with Crippen LogP contribution in [0.4, 0.5) is 0 Å². The lowest BCUT2D eigenvalue weighted by Crippen LogP contribution is -2.61. The summed E-state index contributed by atoms with van der Waals surface area (Å²) in [4.78, 5) is 36.1. The average molecular weight is 585 g/mol. The third kappa shape index (κ3) is 4.95. The van der Waals surface area contributed by atoms with Crippen molar-refractivity contribution >= 4 is 17.9 Å². The van der Waals surface area contributed by atoms with Gasteiger partial charge in [-0.1, -0.05) is 53.2 Å². The fourth-order valence-electron chi connectivity index (χ4n) is 12.0. The minimum atomic E-state index is -0.403. The van der Waals surface area contributed by atoms with E-state index in [-0.39, 0.29) is 51.8 Å². The van der Waals surface area contributed by atoms with E-state index in [0.29, 0.717) is 30.3 Å². The molecule has 5 aliphatic carbocycles. The highest BCUT2D eigenvalue weighted by Gasteiger charge is 2.65. The molecule has 4 fully saturated rings. The summed E-state index contributed by atoms with van der Waals surface area (Å²) >= 11 is 0. The number of carbonyl (C=O) groups excluding carboxylic acids is 3.